The SMILES string of the molecule is CC.CCCN(C)c1nc(Cl)ncc1C. The van der Waals surface area contributed by atoms with Crippen LogP contribution in [0.4, 0.5) is 5.82 Å². The molecule has 0 radical (unpaired) electrons. The van der Waals surface area contributed by atoms with Crippen LogP contribution in [0.3, 0.4) is 0 Å². The lowest BCUT2D eigenvalue weighted by Gasteiger charge is -2.18. The van der Waals surface area contributed by atoms with Crippen molar-refractivity contribution in [3.63, 3.8) is 0 Å². The molecule has 1 aromatic rings. The van der Waals surface area contributed by atoms with Crippen LogP contribution < -0.4 is 4.90 Å². The second-order valence-corrected chi connectivity index (χ2v) is 3.41. The van der Waals surface area contributed by atoms with Gasteiger partial charge in [0.15, 0.2) is 0 Å². The lowest BCUT2D eigenvalue weighted by molar-refractivity contribution is 0.829. The highest BCUT2D eigenvalue weighted by Crippen LogP contribution is 2.16. The minimum absolute atomic E-state index is 0.309. The van der Waals surface area contributed by atoms with Gasteiger partial charge in [-0.25, -0.2) is 9.97 Å². The van der Waals surface area contributed by atoms with Crippen LogP contribution in [0.1, 0.15) is 32.8 Å². The van der Waals surface area contributed by atoms with Crippen LogP contribution >= 0.6 is 11.6 Å². The second-order valence-electron chi connectivity index (χ2n) is 3.07. The van der Waals surface area contributed by atoms with Crippen LogP contribution in [-0.2, 0) is 0 Å². The lowest BCUT2D eigenvalue weighted by atomic mass is 10.3. The van der Waals surface area contributed by atoms with Gasteiger partial charge in [0.25, 0.3) is 0 Å². The highest BCUT2D eigenvalue weighted by atomic mass is 35.5. The first kappa shape index (κ1) is 14.2. The van der Waals surface area contributed by atoms with Crippen LogP contribution in [0.15, 0.2) is 6.20 Å². The monoisotopic (exact) mass is 229 g/mol. The number of hydrogen-bond donors (Lipinski definition) is 0. The Hall–Kier alpha value is -0.830. The van der Waals surface area contributed by atoms with Crippen molar-refractivity contribution in [2.45, 2.75) is 34.1 Å². The Morgan fingerprint density at radius 1 is 1.40 bits per heavy atom. The Kier molecular flexibility index (Phi) is 7.05. The summed E-state index contributed by atoms with van der Waals surface area (Å²) in [5.41, 5.74) is 1.06. The molecule has 3 nitrogen and oxygen atoms in total. The van der Waals surface area contributed by atoms with E-state index in [0.29, 0.717) is 5.28 Å². The Bertz CT molecular complexity index is 289. The second kappa shape index (κ2) is 7.46. The Balaban J connectivity index is 0.000000921. The maximum Gasteiger partial charge on any atom is 0.224 e. The van der Waals surface area contributed by atoms with E-state index in [1.165, 1.54) is 0 Å². The van der Waals surface area contributed by atoms with Gasteiger partial charge in [0.2, 0.25) is 5.28 Å². The number of hydrogen-bond acceptors (Lipinski definition) is 3. The summed E-state index contributed by atoms with van der Waals surface area (Å²) in [7, 11) is 2.01. The zero-order chi connectivity index (χ0) is 11.8. The van der Waals surface area contributed by atoms with Gasteiger partial charge in [-0.05, 0) is 24.9 Å². The van der Waals surface area contributed by atoms with Gasteiger partial charge in [-0.3, -0.25) is 0 Å². The molecule has 1 aromatic heterocycles. The highest BCUT2D eigenvalue weighted by Gasteiger charge is 2.06. The topological polar surface area (TPSA) is 29.0 Å². The molecular formula is C11H20ClN3. The maximum absolute atomic E-state index is 5.71. The average molecular weight is 230 g/mol. The van der Waals surface area contributed by atoms with Gasteiger partial charge in [0.05, 0.1) is 0 Å². The molecule has 0 saturated heterocycles. The minimum Gasteiger partial charge on any atom is -0.359 e. The quantitative estimate of drug-likeness (QED) is 0.745. The summed E-state index contributed by atoms with van der Waals surface area (Å²) in [6.45, 7) is 9.10. The first-order chi connectivity index (χ1) is 7.15. The Labute approximate surface area is 97.5 Å². The summed E-state index contributed by atoms with van der Waals surface area (Å²) < 4.78 is 0. The van der Waals surface area contributed by atoms with E-state index in [4.69, 9.17) is 11.6 Å². The first-order valence-corrected chi connectivity index (χ1v) is 5.73. The molecule has 0 unspecified atom stereocenters. The van der Waals surface area contributed by atoms with Gasteiger partial charge in [0, 0.05) is 25.4 Å². The number of nitrogens with zero attached hydrogens (tertiary/aromatic N) is 3. The summed E-state index contributed by atoms with van der Waals surface area (Å²) in [6, 6.07) is 0. The number of aromatic nitrogens is 2. The summed E-state index contributed by atoms with van der Waals surface area (Å²) >= 11 is 5.71. The third-order valence-corrected chi connectivity index (χ3v) is 2.02. The average Bonchev–Trinajstić information content (AvgIpc) is 2.25. The molecule has 0 saturated carbocycles. The molecule has 0 atom stereocenters. The fraction of sp³-hybridized carbons (Fsp3) is 0.636. The molecule has 0 N–H and O–H groups in total. The van der Waals surface area contributed by atoms with Crippen molar-refractivity contribution >= 4 is 17.4 Å². The molecule has 0 fully saturated rings. The predicted molar refractivity (Wildman–Crippen MR) is 66.7 cm³/mol. The molecule has 15 heavy (non-hydrogen) atoms. The van der Waals surface area contributed by atoms with E-state index in [9.17, 15) is 0 Å². The van der Waals surface area contributed by atoms with Crippen molar-refractivity contribution in [2.24, 2.45) is 0 Å². The Morgan fingerprint density at radius 2 is 2.00 bits per heavy atom. The maximum atomic E-state index is 5.71. The molecule has 0 amide bonds. The van der Waals surface area contributed by atoms with E-state index in [-0.39, 0.29) is 0 Å². The molecule has 0 spiro atoms. The van der Waals surface area contributed by atoms with Gasteiger partial charge in [-0.15, -0.1) is 0 Å². The smallest absolute Gasteiger partial charge is 0.224 e. The molecule has 1 heterocycles. The van der Waals surface area contributed by atoms with Crippen LogP contribution in [-0.4, -0.2) is 23.6 Å². The summed E-state index contributed by atoms with van der Waals surface area (Å²) in [6.07, 6.45) is 2.84. The molecule has 1 rings (SSSR count). The molecule has 0 bridgehead atoms. The van der Waals surface area contributed by atoms with Crippen LogP contribution in [0, 0.1) is 6.92 Å². The minimum atomic E-state index is 0.309. The van der Waals surface area contributed by atoms with E-state index < -0.39 is 0 Å². The van der Waals surface area contributed by atoms with Gasteiger partial charge in [0.1, 0.15) is 5.82 Å². The van der Waals surface area contributed by atoms with E-state index in [2.05, 4.69) is 21.8 Å². The van der Waals surface area contributed by atoms with Crippen molar-refractivity contribution in [1.29, 1.82) is 0 Å². The normalized spacial score (nSPS) is 9.20. The molecule has 86 valence electrons. The third-order valence-electron chi connectivity index (χ3n) is 1.84. The van der Waals surface area contributed by atoms with Gasteiger partial charge < -0.3 is 4.90 Å². The third kappa shape index (κ3) is 4.47. The molecule has 0 aliphatic carbocycles. The fourth-order valence-corrected chi connectivity index (χ4v) is 1.37. The van der Waals surface area contributed by atoms with Crippen LogP contribution in [0.25, 0.3) is 0 Å². The van der Waals surface area contributed by atoms with E-state index >= 15 is 0 Å². The van der Waals surface area contributed by atoms with Crippen molar-refractivity contribution in [1.82, 2.24) is 9.97 Å². The fourth-order valence-electron chi connectivity index (χ4n) is 1.24. The van der Waals surface area contributed by atoms with Gasteiger partial charge >= 0.3 is 0 Å². The van der Waals surface area contributed by atoms with Crippen LogP contribution in [0.5, 0.6) is 0 Å². The lowest BCUT2D eigenvalue weighted by Crippen LogP contribution is -2.20. The van der Waals surface area contributed by atoms with Crippen molar-refractivity contribution in [2.75, 3.05) is 18.5 Å². The van der Waals surface area contributed by atoms with Crippen molar-refractivity contribution < 1.29 is 0 Å². The number of anilines is 1. The molecule has 0 aromatic carbocycles. The highest BCUT2D eigenvalue weighted by molar-refractivity contribution is 6.28. The van der Waals surface area contributed by atoms with Crippen LogP contribution in [0.2, 0.25) is 5.28 Å². The van der Waals surface area contributed by atoms with E-state index in [1.54, 1.807) is 6.20 Å². The number of rotatable bonds is 3. The van der Waals surface area contributed by atoms with Crippen molar-refractivity contribution in [3.05, 3.63) is 17.0 Å². The summed E-state index contributed by atoms with van der Waals surface area (Å²) in [5.74, 6) is 0.918. The summed E-state index contributed by atoms with van der Waals surface area (Å²) in [5, 5.41) is 0.309. The largest absolute Gasteiger partial charge is 0.359 e. The van der Waals surface area contributed by atoms with Gasteiger partial charge in [-0.1, -0.05) is 20.8 Å². The standard InChI is InChI=1S/C9H14ClN3.C2H6/c1-4-5-13(3)8-7(2)6-11-9(10)12-8;1-2/h6H,4-5H2,1-3H3;1-2H3. The molecular weight excluding hydrogens is 210 g/mol. The number of aryl methyl sites for hydroxylation is 1. The van der Waals surface area contributed by atoms with Crippen molar-refractivity contribution in [3.8, 4) is 0 Å². The zero-order valence-electron chi connectivity index (χ0n) is 10.2. The Morgan fingerprint density at radius 3 is 2.53 bits per heavy atom. The predicted octanol–water partition coefficient (Wildman–Crippen LogP) is 3.31. The van der Waals surface area contributed by atoms with E-state index in [0.717, 1.165) is 24.3 Å². The number of halogens is 1. The zero-order valence-corrected chi connectivity index (χ0v) is 11.0. The molecule has 0 aliphatic rings. The van der Waals surface area contributed by atoms with Gasteiger partial charge in [-0.2, -0.15) is 0 Å². The first-order valence-electron chi connectivity index (χ1n) is 5.35. The molecule has 4 heteroatoms. The summed E-state index contributed by atoms with van der Waals surface area (Å²) in [4.78, 5) is 10.2. The molecule has 0 aliphatic heterocycles. The van der Waals surface area contributed by atoms with E-state index in [1.807, 2.05) is 27.8 Å².